The van der Waals surface area contributed by atoms with Crippen molar-refractivity contribution in [3.8, 4) is 0 Å². The largest absolute Gasteiger partial charge is 0.396 e. The lowest BCUT2D eigenvalue weighted by atomic mass is 10.2. The smallest absolute Gasteiger partial charge is 0.141 e. The second kappa shape index (κ2) is 5.15. The van der Waals surface area contributed by atoms with Crippen LogP contribution in [0, 0.1) is 0 Å². The molecule has 0 amide bonds. The van der Waals surface area contributed by atoms with Gasteiger partial charge in [0, 0.05) is 11.1 Å². The van der Waals surface area contributed by atoms with Gasteiger partial charge in [-0.05, 0) is 24.3 Å². The fourth-order valence-corrected chi connectivity index (χ4v) is 2.38. The van der Waals surface area contributed by atoms with Gasteiger partial charge in [0.25, 0.3) is 0 Å². The molecule has 0 radical (unpaired) electrons. The van der Waals surface area contributed by atoms with Crippen molar-refractivity contribution in [1.29, 1.82) is 0 Å². The lowest BCUT2D eigenvalue weighted by Gasteiger charge is -2.10. The second-order valence-corrected chi connectivity index (χ2v) is 5.03. The molecule has 0 saturated heterocycles. The molecule has 4 nitrogen and oxygen atoms in total. The molecule has 1 aromatic heterocycles. The van der Waals surface area contributed by atoms with E-state index >= 15 is 0 Å². The number of nitrogens with one attached hydrogen (secondary N) is 1. The molecule has 0 saturated carbocycles. The molecule has 1 heterocycles. The number of fused-ring (bicyclic) bond motifs is 1. The number of rotatable bonds is 2. The Morgan fingerprint density at radius 1 is 1.00 bits per heavy atom. The number of benzene rings is 2. The summed E-state index contributed by atoms with van der Waals surface area (Å²) in [5.74, 6) is 0.688. The van der Waals surface area contributed by atoms with Crippen molar-refractivity contribution in [3.05, 3.63) is 52.8 Å². The van der Waals surface area contributed by atoms with E-state index in [2.05, 4.69) is 15.3 Å². The van der Waals surface area contributed by atoms with E-state index in [0.717, 1.165) is 16.6 Å². The molecule has 6 heteroatoms. The van der Waals surface area contributed by atoms with Gasteiger partial charge in [0.15, 0.2) is 0 Å². The number of nitrogens with zero attached hydrogens (tertiary/aromatic N) is 2. The third-order valence-corrected chi connectivity index (χ3v) is 3.51. The predicted molar refractivity (Wildman–Crippen MR) is 83.7 cm³/mol. The Hall–Kier alpha value is -2.04. The topological polar surface area (TPSA) is 63.8 Å². The van der Waals surface area contributed by atoms with Crippen LogP contribution >= 0.6 is 23.2 Å². The van der Waals surface area contributed by atoms with Gasteiger partial charge in [-0.1, -0.05) is 35.3 Å². The fraction of sp³-hybridized carbons (Fsp3) is 0. The van der Waals surface area contributed by atoms with Crippen LogP contribution < -0.4 is 11.1 Å². The van der Waals surface area contributed by atoms with Gasteiger partial charge in [-0.25, -0.2) is 9.97 Å². The Balaban J connectivity index is 2.06. The van der Waals surface area contributed by atoms with E-state index in [4.69, 9.17) is 28.9 Å². The standard InChI is InChI=1S/C14H10Cl2N4/c15-10-5-8(6-11(16)13(10)17)20-14-9-3-1-2-4-12(9)18-7-19-14/h1-7H,17H2,(H,18,19,20). The number of para-hydroxylation sites is 1. The SMILES string of the molecule is Nc1c(Cl)cc(Nc2ncnc3ccccc23)cc1Cl. The summed E-state index contributed by atoms with van der Waals surface area (Å²) in [6.07, 6.45) is 1.51. The zero-order chi connectivity index (χ0) is 14.1. The molecule has 0 unspecified atom stereocenters. The van der Waals surface area contributed by atoms with Crippen LogP contribution in [0.2, 0.25) is 10.0 Å². The number of nitrogen functional groups attached to an aromatic ring is 1. The van der Waals surface area contributed by atoms with Crippen LogP contribution in [-0.2, 0) is 0 Å². The fourth-order valence-electron chi connectivity index (χ4n) is 1.90. The molecule has 0 aliphatic heterocycles. The number of hydrogen-bond acceptors (Lipinski definition) is 4. The van der Waals surface area contributed by atoms with E-state index < -0.39 is 0 Å². The van der Waals surface area contributed by atoms with Crippen LogP contribution in [0.5, 0.6) is 0 Å². The van der Waals surface area contributed by atoms with E-state index in [1.165, 1.54) is 6.33 Å². The zero-order valence-corrected chi connectivity index (χ0v) is 11.8. The average molecular weight is 305 g/mol. The molecule has 3 rings (SSSR count). The number of nitrogens with two attached hydrogens (primary N) is 1. The van der Waals surface area contributed by atoms with Gasteiger partial charge < -0.3 is 11.1 Å². The minimum Gasteiger partial charge on any atom is -0.396 e. The number of halogens is 2. The Morgan fingerprint density at radius 2 is 1.70 bits per heavy atom. The third kappa shape index (κ3) is 2.35. The number of anilines is 3. The van der Waals surface area contributed by atoms with Crippen molar-refractivity contribution in [2.24, 2.45) is 0 Å². The maximum atomic E-state index is 6.02. The first-order valence-corrected chi connectivity index (χ1v) is 6.62. The van der Waals surface area contributed by atoms with Crippen LogP contribution in [0.15, 0.2) is 42.7 Å². The summed E-state index contributed by atoms with van der Waals surface area (Å²) in [5, 5.41) is 4.90. The van der Waals surface area contributed by atoms with Gasteiger partial charge in [0.05, 0.1) is 21.2 Å². The highest BCUT2D eigenvalue weighted by molar-refractivity contribution is 6.39. The van der Waals surface area contributed by atoms with Crippen LogP contribution in [0.1, 0.15) is 0 Å². The molecule has 0 fully saturated rings. The van der Waals surface area contributed by atoms with Crippen LogP contribution in [0.25, 0.3) is 10.9 Å². The summed E-state index contributed by atoms with van der Waals surface area (Å²) in [4.78, 5) is 8.45. The summed E-state index contributed by atoms with van der Waals surface area (Å²) in [6.45, 7) is 0. The average Bonchev–Trinajstić information content (AvgIpc) is 2.45. The van der Waals surface area contributed by atoms with Crippen molar-refractivity contribution in [2.75, 3.05) is 11.1 Å². The summed E-state index contributed by atoms with van der Waals surface area (Å²) < 4.78 is 0. The summed E-state index contributed by atoms with van der Waals surface area (Å²) in [6, 6.07) is 11.1. The molecular formula is C14H10Cl2N4. The molecule has 0 aliphatic carbocycles. The van der Waals surface area contributed by atoms with Crippen molar-refractivity contribution >= 4 is 51.3 Å². The van der Waals surface area contributed by atoms with Crippen molar-refractivity contribution in [3.63, 3.8) is 0 Å². The predicted octanol–water partition coefficient (Wildman–Crippen LogP) is 4.26. The minimum absolute atomic E-state index is 0.367. The van der Waals surface area contributed by atoms with Crippen molar-refractivity contribution in [2.45, 2.75) is 0 Å². The van der Waals surface area contributed by atoms with E-state index in [1.54, 1.807) is 12.1 Å². The maximum absolute atomic E-state index is 6.02. The second-order valence-electron chi connectivity index (χ2n) is 4.22. The first-order chi connectivity index (χ1) is 9.65. The maximum Gasteiger partial charge on any atom is 0.141 e. The molecule has 3 N–H and O–H groups in total. The van der Waals surface area contributed by atoms with Gasteiger partial charge in [-0.3, -0.25) is 0 Å². The lowest BCUT2D eigenvalue weighted by Crippen LogP contribution is -1.97. The highest BCUT2D eigenvalue weighted by atomic mass is 35.5. The Bertz CT molecular complexity index is 761. The highest BCUT2D eigenvalue weighted by Crippen LogP contribution is 2.33. The summed E-state index contributed by atoms with van der Waals surface area (Å²) >= 11 is 12.0. The number of hydrogen-bond donors (Lipinski definition) is 2. The quantitative estimate of drug-likeness (QED) is 0.694. The van der Waals surface area contributed by atoms with Gasteiger partial charge in [0.1, 0.15) is 12.1 Å². The van der Waals surface area contributed by atoms with E-state index in [0.29, 0.717) is 21.6 Å². The van der Waals surface area contributed by atoms with Gasteiger partial charge >= 0.3 is 0 Å². The molecule has 0 spiro atoms. The van der Waals surface area contributed by atoms with E-state index in [-0.39, 0.29) is 0 Å². The third-order valence-electron chi connectivity index (χ3n) is 2.88. The summed E-state index contributed by atoms with van der Waals surface area (Å²) in [5.41, 5.74) is 7.66. The van der Waals surface area contributed by atoms with Crippen LogP contribution in [0.3, 0.4) is 0 Å². The molecule has 0 aliphatic rings. The number of aromatic nitrogens is 2. The molecule has 3 aromatic rings. The van der Waals surface area contributed by atoms with Crippen LogP contribution in [-0.4, -0.2) is 9.97 Å². The van der Waals surface area contributed by atoms with E-state index in [9.17, 15) is 0 Å². The molecule has 0 bridgehead atoms. The Morgan fingerprint density at radius 3 is 2.45 bits per heavy atom. The summed E-state index contributed by atoms with van der Waals surface area (Å²) in [7, 11) is 0. The van der Waals surface area contributed by atoms with Crippen LogP contribution in [0.4, 0.5) is 17.2 Å². The highest BCUT2D eigenvalue weighted by Gasteiger charge is 2.07. The van der Waals surface area contributed by atoms with Crippen molar-refractivity contribution in [1.82, 2.24) is 9.97 Å². The monoisotopic (exact) mass is 304 g/mol. The molecule has 2 aromatic carbocycles. The van der Waals surface area contributed by atoms with Gasteiger partial charge in [-0.15, -0.1) is 0 Å². The first-order valence-electron chi connectivity index (χ1n) is 5.86. The normalized spacial score (nSPS) is 10.7. The molecule has 20 heavy (non-hydrogen) atoms. The Kier molecular flexibility index (Phi) is 3.34. The molecule has 100 valence electrons. The zero-order valence-electron chi connectivity index (χ0n) is 10.3. The molecule has 0 atom stereocenters. The minimum atomic E-state index is 0.367. The van der Waals surface area contributed by atoms with Gasteiger partial charge in [0.2, 0.25) is 0 Å². The van der Waals surface area contributed by atoms with E-state index in [1.807, 2.05) is 24.3 Å². The van der Waals surface area contributed by atoms with Gasteiger partial charge in [-0.2, -0.15) is 0 Å². The molecular weight excluding hydrogens is 295 g/mol. The Labute approximate surface area is 125 Å². The van der Waals surface area contributed by atoms with Crippen molar-refractivity contribution < 1.29 is 0 Å². The lowest BCUT2D eigenvalue weighted by molar-refractivity contribution is 1.22. The first kappa shape index (κ1) is 13.0.